The summed E-state index contributed by atoms with van der Waals surface area (Å²) in [5.74, 6) is -2.06. The van der Waals surface area contributed by atoms with Gasteiger partial charge in [0.1, 0.15) is 29.8 Å². The fraction of sp³-hybridized carbons (Fsp3) is 0.465. The lowest BCUT2D eigenvalue weighted by atomic mass is 9.85. The van der Waals surface area contributed by atoms with E-state index in [1.165, 1.54) is 24.0 Å². The first-order valence-corrected chi connectivity index (χ1v) is 20.3. The van der Waals surface area contributed by atoms with Crippen molar-refractivity contribution in [1.82, 2.24) is 30.7 Å². The molecule has 2 aromatic carbocycles. The molecule has 5 N–H and O–H groups in total. The van der Waals surface area contributed by atoms with Crippen LogP contribution in [0, 0.1) is 24.1 Å². The second kappa shape index (κ2) is 18.5. The van der Waals surface area contributed by atoms with Crippen molar-refractivity contribution in [2.24, 2.45) is 11.3 Å². The van der Waals surface area contributed by atoms with Gasteiger partial charge in [0.25, 0.3) is 0 Å². The molecule has 0 aliphatic carbocycles. The van der Waals surface area contributed by atoms with E-state index in [1.807, 2.05) is 69.3 Å². The van der Waals surface area contributed by atoms with E-state index in [4.69, 9.17) is 10.5 Å². The van der Waals surface area contributed by atoms with Gasteiger partial charge < -0.3 is 36.0 Å². The quantitative estimate of drug-likeness (QED) is 0.126. The number of phenols is 1. The van der Waals surface area contributed by atoms with E-state index in [1.54, 1.807) is 17.4 Å². The van der Waals surface area contributed by atoms with Crippen LogP contribution in [0.5, 0.6) is 5.75 Å². The highest BCUT2D eigenvalue weighted by atomic mass is 32.1. The van der Waals surface area contributed by atoms with E-state index >= 15 is 0 Å². The molecule has 0 unspecified atom stereocenters. The second-order valence-electron chi connectivity index (χ2n) is 16.3. The highest BCUT2D eigenvalue weighted by Crippen LogP contribution is 2.35. The molecule has 0 saturated carbocycles. The van der Waals surface area contributed by atoms with Gasteiger partial charge in [-0.15, -0.1) is 21.5 Å². The van der Waals surface area contributed by atoms with E-state index in [-0.39, 0.29) is 73.4 Å². The molecule has 2 aliphatic heterocycles. The Morgan fingerprint density at radius 2 is 1.75 bits per heavy atom. The fourth-order valence-electron chi connectivity index (χ4n) is 7.67. The van der Waals surface area contributed by atoms with E-state index in [2.05, 4.69) is 25.8 Å². The summed E-state index contributed by atoms with van der Waals surface area (Å²) < 4.78 is 19.5. The molecule has 0 bridgehead atoms. The standard InChI is InChI=1S/C42H51FN8O6S.CH4/c1-23(27-7-9-28(10-8-27)37-24(2)45-22-58-37)46-40(55)34-19-30(57-25(3)52)21-51(34)41(56)38(42(4,5)6)47-36(54)17-26-13-15-50(16-14-26)33-20-32(48-49-39(33)44)31-18-29(43)11-12-35(31)53;/h7-12,18,20,22-23,26,30,34,38,53H,13-17,19,21H2,1-6H3,(H2,44,49)(H,46,55)(H,47,54);1H4/t23-,30+,34-,38+;/m0./s1. The first-order valence-electron chi connectivity index (χ1n) is 19.4. The zero-order valence-electron chi connectivity index (χ0n) is 33.6. The number of aromatic hydroxyl groups is 1. The summed E-state index contributed by atoms with van der Waals surface area (Å²) in [6.45, 7) is 11.8. The van der Waals surface area contributed by atoms with Crippen molar-refractivity contribution in [3.8, 4) is 27.4 Å². The number of amides is 3. The predicted octanol–water partition coefficient (Wildman–Crippen LogP) is 6.19. The largest absolute Gasteiger partial charge is 0.507 e. The van der Waals surface area contributed by atoms with Crippen molar-refractivity contribution in [3.63, 3.8) is 0 Å². The van der Waals surface area contributed by atoms with Crippen LogP contribution >= 0.6 is 11.3 Å². The molecule has 0 spiro atoms. The fourth-order valence-corrected chi connectivity index (χ4v) is 8.48. The smallest absolute Gasteiger partial charge is 0.302 e. The summed E-state index contributed by atoms with van der Waals surface area (Å²) in [5.41, 5.74) is 11.2. The van der Waals surface area contributed by atoms with Gasteiger partial charge in [-0.05, 0) is 73.4 Å². The van der Waals surface area contributed by atoms with Crippen molar-refractivity contribution in [2.75, 3.05) is 30.3 Å². The molecule has 4 aromatic rings. The number of phenolic OH excluding ortho intramolecular Hbond substituents is 1. The van der Waals surface area contributed by atoms with Crippen molar-refractivity contribution < 1.29 is 33.4 Å². The predicted molar refractivity (Wildman–Crippen MR) is 226 cm³/mol. The summed E-state index contributed by atoms with van der Waals surface area (Å²) in [6.07, 6.45) is 0.914. The Kier molecular flexibility index (Phi) is 14.0. The molecule has 59 heavy (non-hydrogen) atoms. The molecule has 14 nitrogen and oxygen atoms in total. The molecule has 2 fully saturated rings. The topological polar surface area (TPSA) is 193 Å². The first-order chi connectivity index (χ1) is 27.5. The Bertz CT molecular complexity index is 2150. The van der Waals surface area contributed by atoms with Gasteiger partial charge in [-0.1, -0.05) is 52.5 Å². The Hall–Kier alpha value is -5.64. The van der Waals surface area contributed by atoms with E-state index in [9.17, 15) is 28.7 Å². The van der Waals surface area contributed by atoms with Crippen LogP contribution in [0.25, 0.3) is 21.7 Å². The third-order valence-corrected chi connectivity index (χ3v) is 11.8. The highest BCUT2D eigenvalue weighted by Gasteiger charge is 2.46. The van der Waals surface area contributed by atoms with Gasteiger partial charge in [0.05, 0.1) is 40.0 Å². The molecule has 4 heterocycles. The Balaban J connectivity index is 0.00000661. The van der Waals surface area contributed by atoms with Crippen LogP contribution in [0.1, 0.15) is 85.0 Å². The van der Waals surface area contributed by atoms with Gasteiger partial charge in [0.15, 0.2) is 5.82 Å². The number of esters is 1. The van der Waals surface area contributed by atoms with Crippen LogP contribution in [0.2, 0.25) is 0 Å². The van der Waals surface area contributed by atoms with E-state index in [0.29, 0.717) is 31.6 Å². The van der Waals surface area contributed by atoms with Crippen LogP contribution in [0.15, 0.2) is 54.0 Å². The molecule has 2 aromatic heterocycles. The third-order valence-electron chi connectivity index (χ3n) is 10.8. The lowest BCUT2D eigenvalue weighted by molar-refractivity contribution is -0.147. The maximum atomic E-state index is 14.4. The molecule has 316 valence electrons. The molecule has 0 radical (unpaired) electrons. The van der Waals surface area contributed by atoms with Crippen molar-refractivity contribution in [2.45, 2.75) is 98.9 Å². The third kappa shape index (κ3) is 10.5. The monoisotopic (exact) mass is 830 g/mol. The molecule has 16 heteroatoms. The SMILES string of the molecule is C.CC(=O)O[C@@H]1C[C@@H](C(=O)N[C@@H](C)c2ccc(-c3scnc3C)cc2)N(C(=O)[C@@H](NC(=O)CC2CCN(c3cc(-c4cc(F)ccc4O)nnc3N)CC2)C(C)(C)C)C1. The number of nitrogen functional groups attached to an aromatic ring is 1. The average Bonchev–Trinajstić information content (AvgIpc) is 3.80. The van der Waals surface area contributed by atoms with Crippen molar-refractivity contribution >= 4 is 46.5 Å². The van der Waals surface area contributed by atoms with Crippen molar-refractivity contribution in [1.29, 1.82) is 0 Å². The number of rotatable bonds is 11. The molecule has 4 atom stereocenters. The number of carbonyl (C=O) groups excluding carboxylic acids is 4. The van der Waals surface area contributed by atoms with Crippen LogP contribution in [-0.2, 0) is 23.9 Å². The number of hydrogen-bond donors (Lipinski definition) is 4. The minimum Gasteiger partial charge on any atom is -0.507 e. The van der Waals surface area contributed by atoms with Gasteiger partial charge >= 0.3 is 5.97 Å². The van der Waals surface area contributed by atoms with Gasteiger partial charge in [0.2, 0.25) is 17.7 Å². The number of hydrogen-bond acceptors (Lipinski definition) is 12. The zero-order valence-corrected chi connectivity index (χ0v) is 34.4. The number of halogens is 1. The van der Waals surface area contributed by atoms with Crippen molar-refractivity contribution in [3.05, 3.63) is 71.1 Å². The number of aromatic nitrogens is 3. The summed E-state index contributed by atoms with van der Waals surface area (Å²) in [7, 11) is 0. The number of likely N-dealkylation sites (tertiary alicyclic amines) is 1. The summed E-state index contributed by atoms with van der Waals surface area (Å²) in [4.78, 5) is 62.8. The van der Waals surface area contributed by atoms with Crippen LogP contribution in [0.4, 0.5) is 15.9 Å². The first kappa shape index (κ1) is 44.5. The van der Waals surface area contributed by atoms with Gasteiger partial charge in [-0.25, -0.2) is 9.37 Å². The van der Waals surface area contributed by atoms with Gasteiger partial charge in [-0.3, -0.25) is 19.2 Å². The number of carbonyl (C=O) groups is 4. The molecule has 2 aliphatic rings. The maximum Gasteiger partial charge on any atom is 0.302 e. The number of ether oxygens (including phenoxy) is 1. The minimum absolute atomic E-state index is 0. The number of thiazole rings is 1. The maximum absolute atomic E-state index is 14.4. The van der Waals surface area contributed by atoms with Gasteiger partial charge in [-0.2, -0.15) is 0 Å². The highest BCUT2D eigenvalue weighted by molar-refractivity contribution is 7.13. The molecule has 3 amide bonds. The average molecular weight is 831 g/mol. The molecule has 2 saturated heterocycles. The molecular formula is C43H55FN8O6S. The van der Waals surface area contributed by atoms with Gasteiger partial charge in [0, 0.05) is 38.4 Å². The molecule has 6 rings (SSSR count). The minimum atomic E-state index is -0.966. The van der Waals surface area contributed by atoms with E-state index < -0.39 is 41.3 Å². The number of anilines is 2. The van der Waals surface area contributed by atoms with Crippen LogP contribution < -0.4 is 21.3 Å². The summed E-state index contributed by atoms with van der Waals surface area (Å²) >= 11 is 1.56. The zero-order chi connectivity index (χ0) is 41.9. The number of nitrogens with one attached hydrogen (secondary N) is 2. The number of benzene rings is 2. The number of nitrogens with two attached hydrogens (primary N) is 1. The lowest BCUT2D eigenvalue weighted by Crippen LogP contribution is -2.58. The molecular weight excluding hydrogens is 776 g/mol. The lowest BCUT2D eigenvalue weighted by Gasteiger charge is -2.36. The summed E-state index contributed by atoms with van der Waals surface area (Å²) in [5, 5.41) is 24.5. The number of aryl methyl sites for hydroxylation is 1. The Morgan fingerprint density at radius 1 is 1.05 bits per heavy atom. The van der Waals surface area contributed by atoms with E-state index in [0.717, 1.165) is 27.8 Å². The van der Waals surface area contributed by atoms with Crippen LogP contribution in [0.3, 0.4) is 0 Å². The second-order valence-corrected chi connectivity index (χ2v) is 17.1. The Morgan fingerprint density at radius 3 is 2.37 bits per heavy atom. The van der Waals surface area contributed by atoms with Crippen LogP contribution in [-0.4, -0.2) is 86.7 Å². The normalized spacial score (nSPS) is 18.1. The number of piperidine rings is 1. The summed E-state index contributed by atoms with van der Waals surface area (Å²) in [6, 6.07) is 10.9. The Labute approximate surface area is 348 Å². The number of nitrogens with zero attached hydrogens (tertiary/aromatic N) is 5.